The van der Waals surface area contributed by atoms with E-state index in [9.17, 15) is 9.59 Å². The fourth-order valence-electron chi connectivity index (χ4n) is 3.85. The molecule has 1 atom stereocenters. The van der Waals surface area contributed by atoms with Crippen molar-refractivity contribution in [1.82, 2.24) is 24.9 Å². The van der Waals surface area contributed by atoms with Crippen LogP contribution in [0.5, 0.6) is 0 Å². The molecule has 0 bridgehead atoms. The number of aryl methyl sites for hydroxylation is 2. The van der Waals surface area contributed by atoms with Gasteiger partial charge >= 0.3 is 0 Å². The zero-order valence-corrected chi connectivity index (χ0v) is 17.9. The van der Waals surface area contributed by atoms with E-state index < -0.39 is 6.04 Å². The van der Waals surface area contributed by atoms with Gasteiger partial charge in [-0.25, -0.2) is 9.36 Å². The summed E-state index contributed by atoms with van der Waals surface area (Å²) in [5.74, 6) is -0.237. The first kappa shape index (κ1) is 20.5. The van der Waals surface area contributed by atoms with Crippen molar-refractivity contribution in [1.29, 1.82) is 0 Å². The minimum absolute atomic E-state index is 0.237. The predicted molar refractivity (Wildman–Crippen MR) is 120 cm³/mol. The van der Waals surface area contributed by atoms with Crippen molar-refractivity contribution in [2.75, 3.05) is 0 Å². The minimum Gasteiger partial charge on any atom is -0.350 e. The molecule has 1 amide bonds. The average Bonchev–Trinajstić information content (AvgIpc) is 3.15. The molecule has 4 rings (SSSR count). The van der Waals surface area contributed by atoms with Crippen molar-refractivity contribution in [3.8, 4) is 5.69 Å². The number of benzene rings is 2. The van der Waals surface area contributed by atoms with Crippen LogP contribution >= 0.6 is 0 Å². The highest BCUT2D eigenvalue weighted by molar-refractivity contribution is 5.84. The summed E-state index contributed by atoms with van der Waals surface area (Å²) in [5.41, 5.74) is 3.34. The summed E-state index contributed by atoms with van der Waals surface area (Å²) in [6, 6.07) is 18.6. The van der Waals surface area contributed by atoms with Gasteiger partial charge in [0.25, 0.3) is 5.56 Å². The molecule has 1 N–H and O–H groups in total. The number of hydrogen-bond donors (Lipinski definition) is 1. The van der Waals surface area contributed by atoms with Gasteiger partial charge in [-0.2, -0.15) is 10.2 Å². The van der Waals surface area contributed by atoms with Crippen LogP contribution in [0.4, 0.5) is 0 Å². The van der Waals surface area contributed by atoms with Gasteiger partial charge in [-0.3, -0.25) is 9.59 Å². The van der Waals surface area contributed by atoms with Crippen molar-refractivity contribution in [3.63, 3.8) is 0 Å². The molecule has 4 aromatic rings. The SMILES string of the molecule is CC[C@H](C(=O)NCc1ccccc1)n1nc(C)c2c(C)n(-c3ccccc3)nc2c1=O. The topological polar surface area (TPSA) is 81.8 Å². The lowest BCUT2D eigenvalue weighted by Gasteiger charge is -2.17. The van der Waals surface area contributed by atoms with Gasteiger partial charge in [0.15, 0.2) is 5.52 Å². The second-order valence-electron chi connectivity index (χ2n) is 7.52. The molecular weight excluding hydrogens is 390 g/mol. The van der Waals surface area contributed by atoms with Crippen LogP contribution in [0.2, 0.25) is 0 Å². The number of amides is 1. The summed E-state index contributed by atoms with van der Waals surface area (Å²) in [7, 11) is 0. The third-order valence-corrected chi connectivity index (χ3v) is 5.44. The first-order valence-electron chi connectivity index (χ1n) is 10.4. The fourth-order valence-corrected chi connectivity index (χ4v) is 3.85. The van der Waals surface area contributed by atoms with Gasteiger partial charge in [-0.05, 0) is 38.0 Å². The lowest BCUT2D eigenvalue weighted by molar-refractivity contribution is -0.125. The number of fused-ring (bicyclic) bond motifs is 1. The van der Waals surface area contributed by atoms with Crippen molar-refractivity contribution >= 4 is 16.8 Å². The van der Waals surface area contributed by atoms with Crippen molar-refractivity contribution in [3.05, 3.63) is 88.0 Å². The minimum atomic E-state index is -0.707. The van der Waals surface area contributed by atoms with E-state index in [4.69, 9.17) is 0 Å². The first-order chi connectivity index (χ1) is 15.0. The number of rotatable bonds is 6. The summed E-state index contributed by atoms with van der Waals surface area (Å²) >= 11 is 0. The molecule has 7 heteroatoms. The van der Waals surface area contributed by atoms with E-state index in [1.165, 1.54) is 4.68 Å². The summed E-state index contributed by atoms with van der Waals surface area (Å²) in [6.07, 6.45) is 0.441. The first-order valence-corrected chi connectivity index (χ1v) is 10.4. The van der Waals surface area contributed by atoms with Crippen LogP contribution in [-0.2, 0) is 11.3 Å². The Kier molecular flexibility index (Phi) is 5.66. The van der Waals surface area contributed by atoms with Gasteiger partial charge in [0.1, 0.15) is 6.04 Å². The highest BCUT2D eigenvalue weighted by Gasteiger charge is 2.25. The van der Waals surface area contributed by atoms with Crippen LogP contribution in [0.25, 0.3) is 16.6 Å². The van der Waals surface area contributed by atoms with Crippen LogP contribution in [-0.4, -0.2) is 25.5 Å². The maximum absolute atomic E-state index is 13.3. The maximum atomic E-state index is 13.3. The van der Waals surface area contributed by atoms with E-state index in [1.807, 2.05) is 81.4 Å². The molecule has 0 saturated carbocycles. The lowest BCUT2D eigenvalue weighted by Crippen LogP contribution is -2.38. The molecule has 0 radical (unpaired) electrons. The van der Waals surface area contributed by atoms with Crippen molar-refractivity contribution in [2.45, 2.75) is 39.8 Å². The second-order valence-corrected chi connectivity index (χ2v) is 7.52. The molecule has 2 aromatic heterocycles. The van der Waals surface area contributed by atoms with E-state index in [0.29, 0.717) is 24.2 Å². The molecule has 0 aliphatic heterocycles. The zero-order chi connectivity index (χ0) is 22.0. The third-order valence-electron chi connectivity index (χ3n) is 5.44. The summed E-state index contributed by atoms with van der Waals surface area (Å²) < 4.78 is 3.03. The Morgan fingerprint density at radius 2 is 1.65 bits per heavy atom. The normalized spacial score (nSPS) is 12.1. The number of carbonyl (C=O) groups excluding carboxylic acids is 1. The molecule has 0 fully saturated rings. The fraction of sp³-hybridized carbons (Fsp3) is 0.250. The van der Waals surface area contributed by atoms with Crippen LogP contribution < -0.4 is 10.9 Å². The number of para-hydroxylation sites is 1. The number of nitrogens with zero attached hydrogens (tertiary/aromatic N) is 4. The van der Waals surface area contributed by atoms with E-state index in [2.05, 4.69) is 15.5 Å². The van der Waals surface area contributed by atoms with Crippen LogP contribution in [0, 0.1) is 13.8 Å². The molecule has 0 aliphatic rings. The van der Waals surface area contributed by atoms with Gasteiger partial charge in [0, 0.05) is 6.54 Å². The number of aromatic nitrogens is 4. The number of carbonyl (C=O) groups is 1. The van der Waals surface area contributed by atoms with Crippen molar-refractivity contribution < 1.29 is 4.79 Å². The Hall–Kier alpha value is -3.74. The molecule has 31 heavy (non-hydrogen) atoms. The highest BCUT2D eigenvalue weighted by atomic mass is 16.2. The van der Waals surface area contributed by atoms with E-state index >= 15 is 0 Å². The Labute approximate surface area is 180 Å². The van der Waals surface area contributed by atoms with Gasteiger partial charge in [-0.1, -0.05) is 55.5 Å². The van der Waals surface area contributed by atoms with E-state index in [-0.39, 0.29) is 11.5 Å². The highest BCUT2D eigenvalue weighted by Crippen LogP contribution is 2.22. The van der Waals surface area contributed by atoms with Crippen LogP contribution in [0.3, 0.4) is 0 Å². The Bertz CT molecular complexity index is 1280. The summed E-state index contributed by atoms with van der Waals surface area (Å²) in [4.78, 5) is 26.2. The Balaban J connectivity index is 1.72. The van der Waals surface area contributed by atoms with Gasteiger partial charge in [-0.15, -0.1) is 0 Å². The van der Waals surface area contributed by atoms with Crippen LogP contribution in [0.15, 0.2) is 65.5 Å². The standard InChI is InChI=1S/C24H25N5O2/c1-4-20(23(30)25-15-18-11-7-5-8-12-18)29-24(31)22-21(16(2)26-29)17(3)28(27-22)19-13-9-6-10-14-19/h5-14,20H,4,15H2,1-3H3,(H,25,30)/t20-/m1/s1. The second kappa shape index (κ2) is 8.55. The predicted octanol–water partition coefficient (Wildman–Crippen LogP) is 3.47. The van der Waals surface area contributed by atoms with Gasteiger partial charge in [0.2, 0.25) is 5.91 Å². The van der Waals surface area contributed by atoms with Crippen LogP contribution in [0.1, 0.15) is 36.3 Å². The third kappa shape index (κ3) is 3.86. The number of hydrogen-bond acceptors (Lipinski definition) is 4. The smallest absolute Gasteiger partial charge is 0.295 e. The van der Waals surface area contributed by atoms with E-state index in [0.717, 1.165) is 22.3 Å². The van der Waals surface area contributed by atoms with E-state index in [1.54, 1.807) is 4.68 Å². The molecule has 0 unspecified atom stereocenters. The quantitative estimate of drug-likeness (QED) is 0.523. The maximum Gasteiger partial charge on any atom is 0.295 e. The van der Waals surface area contributed by atoms with Gasteiger partial charge < -0.3 is 5.32 Å². The summed E-state index contributed by atoms with van der Waals surface area (Å²) in [6.45, 7) is 6.03. The molecule has 2 aromatic carbocycles. The lowest BCUT2D eigenvalue weighted by atomic mass is 10.1. The molecule has 0 saturated heterocycles. The Morgan fingerprint density at radius 3 is 2.29 bits per heavy atom. The molecule has 2 heterocycles. The van der Waals surface area contributed by atoms with Crippen molar-refractivity contribution in [2.24, 2.45) is 0 Å². The molecule has 0 aliphatic carbocycles. The molecule has 0 spiro atoms. The largest absolute Gasteiger partial charge is 0.350 e. The Morgan fingerprint density at radius 1 is 1.00 bits per heavy atom. The monoisotopic (exact) mass is 415 g/mol. The van der Waals surface area contributed by atoms with Gasteiger partial charge in [0.05, 0.1) is 22.5 Å². The zero-order valence-electron chi connectivity index (χ0n) is 17.9. The number of nitrogens with one attached hydrogen (secondary N) is 1. The molecular formula is C24H25N5O2. The average molecular weight is 415 g/mol. The molecule has 7 nitrogen and oxygen atoms in total. The summed E-state index contributed by atoms with van der Waals surface area (Å²) in [5, 5.41) is 12.7. The molecule has 158 valence electrons.